The molecular weight excluding hydrogens is 320 g/mol. The number of nitrogens with two attached hydrogens (primary N) is 1. The summed E-state index contributed by atoms with van der Waals surface area (Å²) >= 11 is 0. The van der Waals surface area contributed by atoms with Crippen LogP contribution in [0.2, 0.25) is 0 Å². The van der Waals surface area contributed by atoms with Crippen LogP contribution in [0.5, 0.6) is 0 Å². The molecule has 0 aromatic heterocycles. The number of likely N-dealkylation sites (tertiary alicyclic amines) is 1. The molecule has 1 fully saturated rings. The second-order valence-corrected chi connectivity index (χ2v) is 7.32. The zero-order chi connectivity index (χ0) is 17.0. The fourth-order valence-electron chi connectivity index (χ4n) is 2.78. The van der Waals surface area contributed by atoms with Crippen LogP contribution in [0, 0.1) is 5.92 Å². The summed E-state index contributed by atoms with van der Waals surface area (Å²) in [6.45, 7) is 1.16. The Labute approximate surface area is 135 Å². The molecule has 7 nitrogen and oxygen atoms in total. The molecule has 1 saturated heterocycles. The van der Waals surface area contributed by atoms with Crippen LogP contribution in [0.1, 0.15) is 36.0 Å². The minimum absolute atomic E-state index is 0.0352. The number of piperidine rings is 1. The van der Waals surface area contributed by atoms with E-state index in [1.165, 1.54) is 24.3 Å². The van der Waals surface area contributed by atoms with E-state index in [2.05, 4.69) is 0 Å². The summed E-state index contributed by atoms with van der Waals surface area (Å²) in [6, 6.07) is 5.52. The van der Waals surface area contributed by atoms with Crippen molar-refractivity contribution < 1.29 is 23.1 Å². The van der Waals surface area contributed by atoms with Crippen molar-refractivity contribution in [2.45, 2.75) is 30.6 Å². The molecule has 0 aliphatic carbocycles. The van der Waals surface area contributed by atoms with Gasteiger partial charge in [0.25, 0.3) is 5.91 Å². The summed E-state index contributed by atoms with van der Waals surface area (Å²) in [5.74, 6) is -0.814. The van der Waals surface area contributed by atoms with Crippen molar-refractivity contribution in [1.82, 2.24) is 4.90 Å². The Morgan fingerprint density at radius 1 is 1.26 bits per heavy atom. The molecule has 0 spiro atoms. The average molecular weight is 340 g/mol. The van der Waals surface area contributed by atoms with E-state index >= 15 is 0 Å². The summed E-state index contributed by atoms with van der Waals surface area (Å²) in [5, 5.41) is 13.8. The molecule has 1 aliphatic heterocycles. The number of carbonyl (C=O) groups excluding carboxylic acids is 1. The zero-order valence-electron chi connectivity index (χ0n) is 12.6. The highest BCUT2D eigenvalue weighted by atomic mass is 32.2. The number of sulfonamides is 1. The molecule has 0 bridgehead atoms. The lowest BCUT2D eigenvalue weighted by atomic mass is 9.93. The molecule has 1 heterocycles. The highest BCUT2D eigenvalue weighted by Gasteiger charge is 2.25. The van der Waals surface area contributed by atoms with Gasteiger partial charge >= 0.3 is 5.97 Å². The molecule has 1 aromatic carbocycles. The smallest absolute Gasteiger partial charge is 0.303 e. The van der Waals surface area contributed by atoms with Crippen LogP contribution in [-0.2, 0) is 14.8 Å². The zero-order valence-corrected chi connectivity index (χ0v) is 13.5. The molecule has 1 atom stereocenters. The third kappa shape index (κ3) is 4.77. The largest absolute Gasteiger partial charge is 0.481 e. The number of hydrogen-bond donors (Lipinski definition) is 2. The van der Waals surface area contributed by atoms with Gasteiger partial charge in [0.05, 0.1) is 4.90 Å². The van der Waals surface area contributed by atoms with E-state index in [0.29, 0.717) is 25.1 Å². The van der Waals surface area contributed by atoms with E-state index in [-0.39, 0.29) is 23.1 Å². The van der Waals surface area contributed by atoms with Gasteiger partial charge in [-0.2, -0.15) is 0 Å². The van der Waals surface area contributed by atoms with Gasteiger partial charge in [0.1, 0.15) is 0 Å². The third-order valence-corrected chi connectivity index (χ3v) is 4.93. The first kappa shape index (κ1) is 17.4. The summed E-state index contributed by atoms with van der Waals surface area (Å²) in [7, 11) is -3.77. The number of carbonyl (C=O) groups is 2. The van der Waals surface area contributed by atoms with Crippen molar-refractivity contribution in [3.8, 4) is 0 Å². The number of primary sulfonamides is 1. The van der Waals surface area contributed by atoms with E-state index in [9.17, 15) is 18.0 Å². The first-order valence-electron chi connectivity index (χ1n) is 7.41. The quantitative estimate of drug-likeness (QED) is 0.830. The molecule has 0 saturated carbocycles. The number of aliphatic carboxylic acids is 1. The Bertz CT molecular complexity index is 684. The normalized spacial score (nSPS) is 18.7. The van der Waals surface area contributed by atoms with Crippen LogP contribution in [0.15, 0.2) is 29.2 Å². The predicted molar refractivity (Wildman–Crippen MR) is 83.3 cm³/mol. The van der Waals surface area contributed by atoms with E-state index in [0.717, 1.165) is 12.8 Å². The van der Waals surface area contributed by atoms with Crippen molar-refractivity contribution in [2.75, 3.05) is 13.1 Å². The number of hydrogen-bond acceptors (Lipinski definition) is 4. The van der Waals surface area contributed by atoms with Gasteiger partial charge in [-0.3, -0.25) is 9.59 Å². The fourth-order valence-corrected chi connectivity index (χ4v) is 3.30. The van der Waals surface area contributed by atoms with E-state index in [1.54, 1.807) is 4.90 Å². The van der Waals surface area contributed by atoms with Gasteiger partial charge in [-0.25, -0.2) is 13.6 Å². The van der Waals surface area contributed by atoms with Gasteiger partial charge in [0, 0.05) is 25.1 Å². The van der Waals surface area contributed by atoms with E-state index < -0.39 is 16.0 Å². The van der Waals surface area contributed by atoms with E-state index in [4.69, 9.17) is 10.2 Å². The lowest BCUT2D eigenvalue weighted by molar-refractivity contribution is -0.137. The maximum absolute atomic E-state index is 12.5. The molecule has 126 valence electrons. The molecular formula is C15H20N2O5S. The molecule has 1 amide bonds. The third-order valence-electron chi connectivity index (χ3n) is 4.00. The van der Waals surface area contributed by atoms with Crippen molar-refractivity contribution in [2.24, 2.45) is 11.1 Å². The second-order valence-electron chi connectivity index (χ2n) is 5.76. The Morgan fingerprint density at radius 3 is 2.48 bits per heavy atom. The minimum Gasteiger partial charge on any atom is -0.481 e. The molecule has 0 radical (unpaired) electrons. The van der Waals surface area contributed by atoms with Gasteiger partial charge in [0.2, 0.25) is 10.0 Å². The Hall–Kier alpha value is -1.93. The highest BCUT2D eigenvalue weighted by molar-refractivity contribution is 7.89. The first-order valence-corrected chi connectivity index (χ1v) is 8.96. The standard InChI is InChI=1S/C15H20N2O5S/c16-23(21,22)13-6-4-12(5-7-13)15(20)17-9-1-2-11(10-17)3-8-14(18)19/h4-7,11H,1-3,8-10H2,(H,18,19)(H2,16,21,22). The van der Waals surface area contributed by atoms with Gasteiger partial charge < -0.3 is 10.0 Å². The number of rotatable bonds is 5. The molecule has 1 unspecified atom stereocenters. The van der Waals surface area contributed by atoms with Crippen LogP contribution >= 0.6 is 0 Å². The van der Waals surface area contributed by atoms with Crippen LogP contribution in [0.3, 0.4) is 0 Å². The molecule has 1 aliphatic rings. The molecule has 2 rings (SSSR count). The predicted octanol–water partition coefficient (Wildman–Crippen LogP) is 1.05. The average Bonchev–Trinajstić information content (AvgIpc) is 2.52. The van der Waals surface area contributed by atoms with Crippen LogP contribution in [0.4, 0.5) is 0 Å². The Morgan fingerprint density at radius 2 is 1.91 bits per heavy atom. The lowest BCUT2D eigenvalue weighted by Gasteiger charge is -2.32. The molecule has 1 aromatic rings. The van der Waals surface area contributed by atoms with Crippen LogP contribution < -0.4 is 5.14 Å². The molecule has 8 heteroatoms. The van der Waals surface area contributed by atoms with E-state index in [1.807, 2.05) is 0 Å². The summed E-state index contributed by atoms with van der Waals surface area (Å²) < 4.78 is 22.4. The van der Waals surface area contributed by atoms with Gasteiger partial charge in [0.15, 0.2) is 0 Å². The summed E-state index contributed by atoms with van der Waals surface area (Å²) in [4.78, 5) is 24.8. The minimum atomic E-state index is -3.77. The Kier molecular flexibility index (Phi) is 5.38. The van der Waals surface area contributed by atoms with Crippen molar-refractivity contribution in [1.29, 1.82) is 0 Å². The van der Waals surface area contributed by atoms with Crippen molar-refractivity contribution in [3.05, 3.63) is 29.8 Å². The first-order chi connectivity index (χ1) is 10.8. The topological polar surface area (TPSA) is 118 Å². The van der Waals surface area contributed by atoms with Gasteiger partial charge in [-0.15, -0.1) is 0 Å². The molecule has 3 N–H and O–H groups in total. The number of amides is 1. The van der Waals surface area contributed by atoms with Gasteiger partial charge in [-0.1, -0.05) is 0 Å². The van der Waals surface area contributed by atoms with Crippen LogP contribution in [-0.4, -0.2) is 43.4 Å². The SMILES string of the molecule is NS(=O)(=O)c1ccc(C(=O)N2CCCC(CCC(=O)O)C2)cc1. The fraction of sp³-hybridized carbons (Fsp3) is 0.467. The maximum Gasteiger partial charge on any atom is 0.303 e. The summed E-state index contributed by atoms with van der Waals surface area (Å²) in [6.07, 6.45) is 2.42. The number of nitrogens with zero attached hydrogens (tertiary/aromatic N) is 1. The van der Waals surface area contributed by atoms with Gasteiger partial charge in [-0.05, 0) is 49.4 Å². The molecule has 23 heavy (non-hydrogen) atoms. The lowest BCUT2D eigenvalue weighted by Crippen LogP contribution is -2.40. The monoisotopic (exact) mass is 340 g/mol. The van der Waals surface area contributed by atoms with Crippen LogP contribution in [0.25, 0.3) is 0 Å². The maximum atomic E-state index is 12.5. The number of benzene rings is 1. The summed E-state index contributed by atoms with van der Waals surface area (Å²) in [5.41, 5.74) is 0.399. The number of carboxylic acid groups (broad SMARTS) is 1. The Balaban J connectivity index is 2.03. The second kappa shape index (κ2) is 7.10. The van der Waals surface area contributed by atoms with Crippen molar-refractivity contribution >= 4 is 21.9 Å². The van der Waals surface area contributed by atoms with Crippen molar-refractivity contribution in [3.63, 3.8) is 0 Å². The number of carboxylic acids is 1. The highest BCUT2D eigenvalue weighted by Crippen LogP contribution is 2.22.